The zero-order chi connectivity index (χ0) is 20.3. The van der Waals surface area contributed by atoms with Crippen molar-refractivity contribution in [1.29, 1.82) is 0 Å². The second-order valence-corrected chi connectivity index (χ2v) is 8.63. The Hall–Kier alpha value is -2.62. The van der Waals surface area contributed by atoms with Crippen molar-refractivity contribution in [3.05, 3.63) is 18.2 Å². The summed E-state index contributed by atoms with van der Waals surface area (Å²) in [5.41, 5.74) is 0.475. The predicted octanol–water partition coefficient (Wildman–Crippen LogP) is 1.79. The molecule has 0 saturated carbocycles. The first-order valence-corrected chi connectivity index (χ1v) is 10.6. The van der Waals surface area contributed by atoms with Crippen LogP contribution in [-0.2, 0) is 14.6 Å². The Kier molecular flexibility index (Phi) is 5.87. The largest absolute Gasteiger partial charge is 0.493 e. The van der Waals surface area contributed by atoms with Crippen LogP contribution in [0.2, 0.25) is 0 Å². The van der Waals surface area contributed by atoms with Crippen LogP contribution in [0.25, 0.3) is 11.5 Å². The molecule has 1 aliphatic heterocycles. The summed E-state index contributed by atoms with van der Waals surface area (Å²) in [6.07, 6.45) is 1.74. The Bertz CT molecular complexity index is 948. The molecule has 2 aromatic rings. The van der Waals surface area contributed by atoms with Gasteiger partial charge in [-0.1, -0.05) is 12.0 Å². The van der Waals surface area contributed by atoms with E-state index in [1.54, 1.807) is 23.1 Å². The highest BCUT2D eigenvalue weighted by Crippen LogP contribution is 2.32. The number of hydrogen-bond donors (Lipinski definition) is 0. The van der Waals surface area contributed by atoms with Crippen LogP contribution in [0.5, 0.6) is 11.5 Å². The molecule has 0 atom stereocenters. The highest BCUT2D eigenvalue weighted by Gasteiger charge is 2.30. The van der Waals surface area contributed by atoms with Crippen molar-refractivity contribution in [2.24, 2.45) is 5.92 Å². The van der Waals surface area contributed by atoms with Gasteiger partial charge in [-0.3, -0.25) is 4.79 Å². The average Bonchev–Trinajstić information content (AvgIpc) is 3.19. The molecule has 1 aromatic heterocycles. The molecular formula is C18H23N3O6S. The molecule has 0 aliphatic carbocycles. The van der Waals surface area contributed by atoms with Crippen molar-refractivity contribution in [1.82, 2.24) is 15.1 Å². The molecule has 1 saturated heterocycles. The summed E-state index contributed by atoms with van der Waals surface area (Å²) in [5, 5.41) is 6.85. The van der Waals surface area contributed by atoms with E-state index in [4.69, 9.17) is 13.9 Å². The molecular weight excluding hydrogens is 386 g/mol. The summed E-state index contributed by atoms with van der Waals surface area (Å²) in [6.45, 7) is 3.25. The lowest BCUT2D eigenvalue weighted by Crippen LogP contribution is -2.41. The molecule has 10 heteroatoms. The normalized spacial score (nSPS) is 15.5. The van der Waals surface area contributed by atoms with E-state index in [0.29, 0.717) is 36.1 Å². The molecule has 0 unspecified atom stereocenters. The maximum atomic E-state index is 12.5. The lowest BCUT2D eigenvalue weighted by Gasteiger charge is -2.30. The van der Waals surface area contributed by atoms with Crippen molar-refractivity contribution in [2.45, 2.75) is 25.0 Å². The van der Waals surface area contributed by atoms with Crippen molar-refractivity contribution in [2.75, 3.05) is 33.1 Å². The van der Waals surface area contributed by atoms with E-state index in [0.717, 1.165) is 12.8 Å². The smallest absolute Gasteiger partial charge is 0.336 e. The third kappa shape index (κ3) is 4.27. The number of carbonyl (C=O) groups excluding carboxylic acids is 1. The fourth-order valence-corrected chi connectivity index (χ4v) is 4.00. The number of sulfone groups is 1. The molecule has 3 rings (SSSR count). The molecule has 0 N–H and O–H groups in total. The summed E-state index contributed by atoms with van der Waals surface area (Å²) < 4.78 is 40.8. The van der Waals surface area contributed by atoms with Crippen LogP contribution in [-0.4, -0.2) is 62.5 Å². The number of ether oxygens (including phenoxy) is 2. The van der Waals surface area contributed by atoms with Crippen LogP contribution in [0.3, 0.4) is 0 Å². The fraction of sp³-hybridized carbons (Fsp3) is 0.500. The number of likely N-dealkylation sites (tertiary alicyclic amines) is 1. The second-order valence-electron chi connectivity index (χ2n) is 6.77. The highest BCUT2D eigenvalue weighted by molar-refractivity contribution is 7.91. The molecule has 152 valence electrons. The van der Waals surface area contributed by atoms with Gasteiger partial charge in [-0.2, -0.15) is 0 Å². The number of amides is 1. The lowest BCUT2D eigenvalue weighted by atomic mass is 9.99. The third-order valence-electron chi connectivity index (χ3n) is 4.75. The molecule has 28 heavy (non-hydrogen) atoms. The second kappa shape index (κ2) is 8.17. The van der Waals surface area contributed by atoms with Gasteiger partial charge in [0.05, 0.1) is 14.2 Å². The van der Waals surface area contributed by atoms with Crippen molar-refractivity contribution < 1.29 is 27.1 Å². The maximum Gasteiger partial charge on any atom is 0.336 e. The van der Waals surface area contributed by atoms with Crippen LogP contribution >= 0.6 is 0 Å². The van der Waals surface area contributed by atoms with Gasteiger partial charge in [0, 0.05) is 18.7 Å². The molecule has 0 spiro atoms. The third-order valence-corrected chi connectivity index (χ3v) is 6.08. The van der Waals surface area contributed by atoms with E-state index in [1.807, 2.05) is 0 Å². The molecule has 0 bridgehead atoms. The van der Waals surface area contributed by atoms with Crippen LogP contribution in [0.15, 0.2) is 27.8 Å². The standard InChI is InChI=1S/C18H23N3O6S/c1-12-6-8-21(9-7-12)16(22)11-28(23,24)18-20-19-17(27-18)13-4-5-14(25-2)15(10-13)26-3/h4-5,10,12H,6-9,11H2,1-3H3. The van der Waals surface area contributed by atoms with Crippen molar-refractivity contribution in [3.8, 4) is 23.0 Å². The topological polar surface area (TPSA) is 112 Å². The number of nitrogens with zero attached hydrogens (tertiary/aromatic N) is 3. The summed E-state index contributed by atoms with van der Waals surface area (Å²) in [6, 6.07) is 4.89. The maximum absolute atomic E-state index is 12.5. The lowest BCUT2D eigenvalue weighted by molar-refractivity contribution is -0.129. The van der Waals surface area contributed by atoms with E-state index in [9.17, 15) is 13.2 Å². The Labute approximate surface area is 163 Å². The van der Waals surface area contributed by atoms with Crippen LogP contribution in [0.1, 0.15) is 19.8 Å². The monoisotopic (exact) mass is 409 g/mol. The van der Waals surface area contributed by atoms with Gasteiger partial charge in [-0.05, 0) is 37.0 Å². The summed E-state index contributed by atoms with van der Waals surface area (Å²) >= 11 is 0. The highest BCUT2D eigenvalue weighted by atomic mass is 32.2. The van der Waals surface area contributed by atoms with E-state index in [2.05, 4.69) is 17.1 Å². The zero-order valence-electron chi connectivity index (χ0n) is 16.0. The summed E-state index contributed by atoms with van der Waals surface area (Å²) in [4.78, 5) is 13.9. The number of carbonyl (C=O) groups is 1. The molecule has 2 heterocycles. The van der Waals surface area contributed by atoms with E-state index in [1.165, 1.54) is 14.2 Å². The number of benzene rings is 1. The Morgan fingerprint density at radius 2 is 1.86 bits per heavy atom. The Morgan fingerprint density at radius 1 is 1.18 bits per heavy atom. The number of aromatic nitrogens is 2. The predicted molar refractivity (Wildman–Crippen MR) is 99.9 cm³/mol. The van der Waals surface area contributed by atoms with Gasteiger partial charge in [0.25, 0.3) is 0 Å². The molecule has 1 aliphatic rings. The van der Waals surface area contributed by atoms with Gasteiger partial charge in [0.15, 0.2) is 11.5 Å². The zero-order valence-corrected chi connectivity index (χ0v) is 16.9. The number of rotatable bonds is 6. The first kappa shape index (κ1) is 20.1. The quantitative estimate of drug-likeness (QED) is 0.710. The number of hydrogen-bond acceptors (Lipinski definition) is 8. The SMILES string of the molecule is COc1ccc(-c2nnc(S(=O)(=O)CC(=O)N3CCC(C)CC3)o2)cc1OC. The summed E-state index contributed by atoms with van der Waals surface area (Å²) in [5.74, 6) is 0.379. The molecule has 1 aromatic carbocycles. The van der Waals surface area contributed by atoms with E-state index in [-0.39, 0.29) is 5.89 Å². The van der Waals surface area contributed by atoms with Gasteiger partial charge in [0.1, 0.15) is 5.75 Å². The minimum Gasteiger partial charge on any atom is -0.493 e. The Morgan fingerprint density at radius 3 is 2.50 bits per heavy atom. The van der Waals surface area contributed by atoms with Gasteiger partial charge < -0.3 is 18.8 Å². The van der Waals surface area contributed by atoms with Gasteiger partial charge in [-0.25, -0.2) is 8.42 Å². The first-order chi connectivity index (χ1) is 13.3. The minimum atomic E-state index is -4.03. The van der Waals surface area contributed by atoms with E-state index < -0.39 is 26.7 Å². The number of methoxy groups -OCH3 is 2. The van der Waals surface area contributed by atoms with Crippen LogP contribution in [0, 0.1) is 5.92 Å². The molecule has 0 radical (unpaired) electrons. The van der Waals surface area contributed by atoms with Crippen LogP contribution < -0.4 is 9.47 Å². The minimum absolute atomic E-state index is 0.0128. The van der Waals surface area contributed by atoms with Gasteiger partial charge in [-0.15, -0.1) is 5.10 Å². The van der Waals surface area contributed by atoms with Crippen molar-refractivity contribution >= 4 is 15.7 Å². The molecule has 1 amide bonds. The summed E-state index contributed by atoms with van der Waals surface area (Å²) in [7, 11) is -1.03. The molecule has 1 fully saturated rings. The average molecular weight is 409 g/mol. The first-order valence-electron chi connectivity index (χ1n) is 8.90. The van der Waals surface area contributed by atoms with Gasteiger partial charge >= 0.3 is 5.22 Å². The van der Waals surface area contributed by atoms with Crippen LogP contribution in [0.4, 0.5) is 0 Å². The van der Waals surface area contributed by atoms with Gasteiger partial charge in [0.2, 0.25) is 21.6 Å². The van der Waals surface area contributed by atoms with Crippen molar-refractivity contribution in [3.63, 3.8) is 0 Å². The Balaban J connectivity index is 1.76. The fourth-order valence-electron chi connectivity index (χ4n) is 2.99. The number of piperidine rings is 1. The molecule has 9 nitrogen and oxygen atoms in total. The van der Waals surface area contributed by atoms with E-state index >= 15 is 0 Å².